The number of methoxy groups -OCH3 is 1. The molecule has 0 aromatic rings. The average molecular weight is 214 g/mol. The van der Waals surface area contributed by atoms with Crippen molar-refractivity contribution in [1.29, 1.82) is 0 Å². The predicted molar refractivity (Wildman–Crippen MR) is 63.9 cm³/mol. The maximum Gasteiger partial charge on any atom is 0.0724 e. The van der Waals surface area contributed by atoms with Crippen molar-refractivity contribution in [3.8, 4) is 0 Å². The Kier molecular flexibility index (Phi) is 4.56. The molecule has 2 unspecified atom stereocenters. The Morgan fingerprint density at radius 2 is 2.13 bits per heavy atom. The van der Waals surface area contributed by atoms with Crippen LogP contribution in [0, 0.1) is 5.92 Å². The minimum Gasteiger partial charge on any atom is -0.380 e. The van der Waals surface area contributed by atoms with Gasteiger partial charge < -0.3 is 15.4 Å². The van der Waals surface area contributed by atoms with Gasteiger partial charge in [0.1, 0.15) is 0 Å². The van der Waals surface area contributed by atoms with Gasteiger partial charge in [0, 0.05) is 19.2 Å². The van der Waals surface area contributed by atoms with E-state index in [1.54, 1.807) is 0 Å². The van der Waals surface area contributed by atoms with Gasteiger partial charge in [-0.25, -0.2) is 0 Å². The molecular formula is C12H26N2O. The van der Waals surface area contributed by atoms with Crippen LogP contribution in [0.25, 0.3) is 0 Å². The van der Waals surface area contributed by atoms with Gasteiger partial charge in [-0.2, -0.15) is 0 Å². The van der Waals surface area contributed by atoms with Gasteiger partial charge in [0.25, 0.3) is 0 Å². The second-order valence-corrected chi connectivity index (χ2v) is 5.58. The number of nitrogens with zero attached hydrogens (tertiary/aromatic N) is 1. The van der Waals surface area contributed by atoms with Crippen molar-refractivity contribution in [2.24, 2.45) is 11.7 Å². The number of rotatable bonds is 4. The monoisotopic (exact) mass is 214 g/mol. The van der Waals surface area contributed by atoms with Gasteiger partial charge >= 0.3 is 0 Å². The molecule has 1 saturated heterocycles. The predicted octanol–water partition coefficient (Wildman–Crippen LogP) is 1.47. The van der Waals surface area contributed by atoms with Crippen LogP contribution in [-0.4, -0.2) is 43.3 Å². The van der Waals surface area contributed by atoms with E-state index in [0.29, 0.717) is 12.0 Å². The van der Waals surface area contributed by atoms with Gasteiger partial charge in [-0.15, -0.1) is 0 Å². The summed E-state index contributed by atoms with van der Waals surface area (Å²) in [6.07, 6.45) is 2.70. The summed E-state index contributed by atoms with van der Waals surface area (Å²) in [6, 6.07) is 0. The third kappa shape index (κ3) is 4.49. The summed E-state index contributed by atoms with van der Waals surface area (Å²) < 4.78 is 5.49. The van der Waals surface area contributed by atoms with E-state index < -0.39 is 0 Å². The molecule has 3 heteroatoms. The van der Waals surface area contributed by atoms with Gasteiger partial charge in [0.15, 0.2) is 0 Å². The third-order valence-corrected chi connectivity index (χ3v) is 3.35. The van der Waals surface area contributed by atoms with Gasteiger partial charge in [-0.3, -0.25) is 0 Å². The summed E-state index contributed by atoms with van der Waals surface area (Å²) >= 11 is 0. The molecule has 0 amide bonds. The number of likely N-dealkylation sites (tertiary alicyclic amines) is 1. The van der Waals surface area contributed by atoms with E-state index in [-0.39, 0.29) is 5.54 Å². The van der Waals surface area contributed by atoms with Gasteiger partial charge in [0.2, 0.25) is 0 Å². The first-order chi connectivity index (χ1) is 6.92. The van der Waals surface area contributed by atoms with Crippen molar-refractivity contribution >= 4 is 0 Å². The fourth-order valence-electron chi connectivity index (χ4n) is 2.05. The van der Waals surface area contributed by atoms with Crippen LogP contribution >= 0.6 is 0 Å². The van der Waals surface area contributed by atoms with Gasteiger partial charge in [-0.05, 0) is 45.7 Å². The molecule has 1 heterocycles. The Balaban J connectivity index is 2.32. The zero-order chi connectivity index (χ0) is 11.5. The molecule has 0 radical (unpaired) electrons. The highest BCUT2D eigenvalue weighted by Gasteiger charge is 2.26. The van der Waals surface area contributed by atoms with Gasteiger partial charge in [0.05, 0.1) is 6.10 Å². The Morgan fingerprint density at radius 1 is 1.47 bits per heavy atom. The Bertz CT molecular complexity index is 189. The zero-order valence-electron chi connectivity index (χ0n) is 10.6. The van der Waals surface area contributed by atoms with Crippen LogP contribution in [0.3, 0.4) is 0 Å². The molecule has 3 nitrogen and oxygen atoms in total. The van der Waals surface area contributed by atoms with Crippen LogP contribution in [0.4, 0.5) is 0 Å². The molecule has 90 valence electrons. The molecule has 1 aliphatic rings. The van der Waals surface area contributed by atoms with Crippen molar-refractivity contribution in [3.05, 3.63) is 0 Å². The fraction of sp³-hybridized carbons (Fsp3) is 1.00. The molecule has 1 rings (SSSR count). The van der Waals surface area contributed by atoms with E-state index in [4.69, 9.17) is 10.5 Å². The smallest absolute Gasteiger partial charge is 0.0724 e. The molecule has 0 aromatic carbocycles. The summed E-state index contributed by atoms with van der Waals surface area (Å²) in [5.41, 5.74) is 5.94. The van der Waals surface area contributed by atoms with E-state index in [2.05, 4.69) is 25.7 Å². The van der Waals surface area contributed by atoms with Crippen LogP contribution in [-0.2, 0) is 4.74 Å². The first-order valence-corrected chi connectivity index (χ1v) is 5.96. The largest absolute Gasteiger partial charge is 0.380 e. The SMILES string of the molecule is COC1CN(CCC(C)(C)N)CCC1C. The molecule has 2 atom stereocenters. The highest BCUT2D eigenvalue weighted by atomic mass is 16.5. The van der Waals surface area contributed by atoms with E-state index in [1.165, 1.54) is 13.0 Å². The van der Waals surface area contributed by atoms with Crippen molar-refractivity contribution in [1.82, 2.24) is 4.90 Å². The summed E-state index contributed by atoms with van der Waals surface area (Å²) in [5.74, 6) is 0.692. The second kappa shape index (κ2) is 5.28. The molecular weight excluding hydrogens is 188 g/mol. The van der Waals surface area contributed by atoms with Crippen molar-refractivity contribution in [3.63, 3.8) is 0 Å². The van der Waals surface area contributed by atoms with E-state index in [1.807, 2.05) is 7.11 Å². The highest BCUT2D eigenvalue weighted by Crippen LogP contribution is 2.20. The standard InChI is InChI=1S/C12H26N2O/c1-10-5-7-14(9-11(10)15-4)8-6-12(2,3)13/h10-11H,5-9,13H2,1-4H3. The minimum atomic E-state index is -0.0500. The summed E-state index contributed by atoms with van der Waals surface area (Å²) in [6.45, 7) is 9.81. The lowest BCUT2D eigenvalue weighted by Gasteiger charge is -2.37. The zero-order valence-corrected chi connectivity index (χ0v) is 10.6. The fourth-order valence-corrected chi connectivity index (χ4v) is 2.05. The maximum atomic E-state index is 5.99. The van der Waals surface area contributed by atoms with Crippen molar-refractivity contribution < 1.29 is 4.74 Å². The molecule has 15 heavy (non-hydrogen) atoms. The van der Waals surface area contributed by atoms with Crippen LogP contribution in [0.2, 0.25) is 0 Å². The number of hydrogen-bond acceptors (Lipinski definition) is 3. The van der Waals surface area contributed by atoms with Gasteiger partial charge in [-0.1, -0.05) is 6.92 Å². The first kappa shape index (κ1) is 12.9. The summed E-state index contributed by atoms with van der Waals surface area (Å²) in [5, 5.41) is 0. The highest BCUT2D eigenvalue weighted by molar-refractivity contribution is 4.81. The minimum absolute atomic E-state index is 0.0500. The van der Waals surface area contributed by atoms with Crippen LogP contribution in [0.15, 0.2) is 0 Å². The van der Waals surface area contributed by atoms with E-state index in [0.717, 1.165) is 19.5 Å². The van der Waals surface area contributed by atoms with Crippen LogP contribution in [0.1, 0.15) is 33.6 Å². The maximum absolute atomic E-state index is 5.99. The summed E-state index contributed by atoms with van der Waals surface area (Å²) in [4.78, 5) is 2.47. The number of nitrogens with two attached hydrogens (primary N) is 1. The first-order valence-electron chi connectivity index (χ1n) is 5.96. The molecule has 0 bridgehead atoms. The quantitative estimate of drug-likeness (QED) is 0.770. The lowest BCUT2D eigenvalue weighted by molar-refractivity contribution is -0.00632. The second-order valence-electron chi connectivity index (χ2n) is 5.58. The number of ether oxygens (including phenoxy) is 1. The molecule has 1 aliphatic heterocycles. The van der Waals surface area contributed by atoms with Crippen molar-refractivity contribution in [2.75, 3.05) is 26.7 Å². The topological polar surface area (TPSA) is 38.5 Å². The van der Waals surface area contributed by atoms with Crippen LogP contribution in [0.5, 0.6) is 0 Å². The molecule has 0 spiro atoms. The van der Waals surface area contributed by atoms with E-state index in [9.17, 15) is 0 Å². The lowest BCUT2D eigenvalue weighted by Crippen LogP contribution is -2.46. The van der Waals surface area contributed by atoms with Crippen molar-refractivity contribution in [2.45, 2.75) is 45.3 Å². The molecule has 2 N–H and O–H groups in total. The summed E-state index contributed by atoms with van der Waals surface area (Å²) in [7, 11) is 1.82. The molecule has 0 saturated carbocycles. The Labute approximate surface area is 94.0 Å². The third-order valence-electron chi connectivity index (χ3n) is 3.35. The Hall–Kier alpha value is -0.120. The molecule has 0 aliphatic carbocycles. The van der Waals surface area contributed by atoms with Crippen LogP contribution < -0.4 is 5.73 Å². The normalized spacial score (nSPS) is 29.4. The molecule has 1 fully saturated rings. The Morgan fingerprint density at radius 3 is 2.67 bits per heavy atom. The number of hydrogen-bond donors (Lipinski definition) is 1. The van der Waals surface area contributed by atoms with E-state index >= 15 is 0 Å². The lowest BCUT2D eigenvalue weighted by atomic mass is 9.94. The average Bonchev–Trinajstić information content (AvgIpc) is 2.15. The molecule has 0 aromatic heterocycles. The number of piperidine rings is 1.